The molecule has 90 valence electrons. The Morgan fingerprint density at radius 2 is 2.50 bits per heavy atom. The molecule has 0 radical (unpaired) electrons. The Hall–Kier alpha value is -0.520. The summed E-state index contributed by atoms with van der Waals surface area (Å²) in [5.41, 5.74) is 1.06. The third-order valence-electron chi connectivity index (χ3n) is 3.19. The second-order valence-electron chi connectivity index (χ2n) is 4.77. The minimum absolute atomic E-state index is 0.688. The average molecular weight is 240 g/mol. The third kappa shape index (κ3) is 3.23. The average Bonchev–Trinajstić information content (AvgIpc) is 2.87. The molecule has 1 saturated heterocycles. The van der Waals surface area contributed by atoms with Crippen LogP contribution >= 0.6 is 11.5 Å². The van der Waals surface area contributed by atoms with Crippen molar-refractivity contribution in [1.29, 1.82) is 0 Å². The van der Waals surface area contributed by atoms with Gasteiger partial charge in [-0.3, -0.25) is 0 Å². The SMILES string of the molecule is CC(C)N1CCC(CNCc2csnn2)C1. The normalized spacial score (nSPS) is 22.1. The molecule has 1 fully saturated rings. The second-order valence-corrected chi connectivity index (χ2v) is 5.38. The van der Waals surface area contributed by atoms with E-state index in [0.717, 1.165) is 24.7 Å². The summed E-state index contributed by atoms with van der Waals surface area (Å²) in [6.45, 7) is 8.99. The lowest BCUT2D eigenvalue weighted by Gasteiger charge is -2.20. The summed E-state index contributed by atoms with van der Waals surface area (Å²) in [5, 5.41) is 9.49. The minimum Gasteiger partial charge on any atom is -0.311 e. The van der Waals surface area contributed by atoms with E-state index in [1.807, 2.05) is 5.38 Å². The Morgan fingerprint density at radius 1 is 1.62 bits per heavy atom. The van der Waals surface area contributed by atoms with Gasteiger partial charge in [0.1, 0.15) is 0 Å². The summed E-state index contributed by atoms with van der Waals surface area (Å²) in [6, 6.07) is 0.688. The molecule has 0 bridgehead atoms. The summed E-state index contributed by atoms with van der Waals surface area (Å²) in [4.78, 5) is 2.55. The van der Waals surface area contributed by atoms with Crippen LogP contribution in [-0.4, -0.2) is 40.2 Å². The molecule has 4 nitrogen and oxygen atoms in total. The van der Waals surface area contributed by atoms with Gasteiger partial charge in [-0.2, -0.15) is 0 Å². The maximum absolute atomic E-state index is 4.02. The van der Waals surface area contributed by atoms with Crippen LogP contribution in [0.3, 0.4) is 0 Å². The molecule has 1 unspecified atom stereocenters. The second kappa shape index (κ2) is 5.70. The van der Waals surface area contributed by atoms with Gasteiger partial charge in [-0.15, -0.1) is 5.10 Å². The first-order chi connectivity index (χ1) is 7.75. The Balaban J connectivity index is 1.64. The van der Waals surface area contributed by atoms with E-state index in [-0.39, 0.29) is 0 Å². The van der Waals surface area contributed by atoms with Crippen molar-refractivity contribution in [3.05, 3.63) is 11.1 Å². The molecule has 1 aromatic rings. The molecule has 0 aromatic carbocycles. The molecule has 0 aliphatic carbocycles. The van der Waals surface area contributed by atoms with Gasteiger partial charge < -0.3 is 10.2 Å². The van der Waals surface area contributed by atoms with Gasteiger partial charge >= 0.3 is 0 Å². The van der Waals surface area contributed by atoms with Crippen molar-refractivity contribution in [3.63, 3.8) is 0 Å². The van der Waals surface area contributed by atoms with Crippen LogP contribution in [0.15, 0.2) is 5.38 Å². The molecule has 5 heteroatoms. The molecule has 1 aliphatic rings. The first-order valence-corrected chi connectivity index (χ1v) is 6.80. The highest BCUT2D eigenvalue weighted by Crippen LogP contribution is 2.17. The van der Waals surface area contributed by atoms with Gasteiger partial charge in [-0.1, -0.05) is 4.49 Å². The molecule has 2 heterocycles. The van der Waals surface area contributed by atoms with Gasteiger partial charge in [0.15, 0.2) is 0 Å². The van der Waals surface area contributed by atoms with E-state index in [1.165, 1.54) is 31.0 Å². The molecular formula is C11H20N4S. The lowest BCUT2D eigenvalue weighted by atomic mass is 10.1. The smallest absolute Gasteiger partial charge is 0.0893 e. The summed E-state index contributed by atoms with van der Waals surface area (Å²) < 4.78 is 3.85. The van der Waals surface area contributed by atoms with E-state index in [1.54, 1.807) is 0 Å². The zero-order chi connectivity index (χ0) is 11.4. The zero-order valence-corrected chi connectivity index (χ0v) is 10.8. The van der Waals surface area contributed by atoms with Crippen molar-refractivity contribution in [3.8, 4) is 0 Å². The van der Waals surface area contributed by atoms with Crippen LogP contribution in [0.2, 0.25) is 0 Å². The number of nitrogens with zero attached hydrogens (tertiary/aromatic N) is 3. The Kier molecular flexibility index (Phi) is 4.26. The van der Waals surface area contributed by atoms with Crippen LogP contribution in [0.25, 0.3) is 0 Å². The van der Waals surface area contributed by atoms with Crippen LogP contribution in [0, 0.1) is 5.92 Å². The van der Waals surface area contributed by atoms with Crippen molar-refractivity contribution < 1.29 is 0 Å². The molecule has 0 spiro atoms. The highest BCUT2D eigenvalue weighted by atomic mass is 32.1. The Bertz CT molecular complexity index is 299. The fourth-order valence-electron chi connectivity index (χ4n) is 2.16. The Morgan fingerprint density at radius 3 is 3.12 bits per heavy atom. The maximum Gasteiger partial charge on any atom is 0.0893 e. The van der Waals surface area contributed by atoms with E-state index in [0.29, 0.717) is 6.04 Å². The molecule has 1 aromatic heterocycles. The van der Waals surface area contributed by atoms with Gasteiger partial charge in [0.25, 0.3) is 0 Å². The summed E-state index contributed by atoms with van der Waals surface area (Å²) in [7, 11) is 0. The molecule has 2 rings (SSSR count). The van der Waals surface area contributed by atoms with Crippen molar-refractivity contribution in [2.45, 2.75) is 32.9 Å². The molecule has 0 saturated carbocycles. The number of hydrogen-bond donors (Lipinski definition) is 1. The van der Waals surface area contributed by atoms with E-state index in [9.17, 15) is 0 Å². The predicted octanol–water partition coefficient (Wildman–Crippen LogP) is 1.36. The van der Waals surface area contributed by atoms with E-state index in [2.05, 4.69) is 33.7 Å². The molecule has 1 aliphatic heterocycles. The molecule has 0 amide bonds. The maximum atomic E-state index is 4.02. The van der Waals surface area contributed by atoms with Gasteiger partial charge in [0, 0.05) is 24.5 Å². The van der Waals surface area contributed by atoms with Gasteiger partial charge in [-0.05, 0) is 50.8 Å². The summed E-state index contributed by atoms with van der Waals surface area (Å²) in [5.74, 6) is 0.800. The van der Waals surface area contributed by atoms with Gasteiger partial charge in [0.05, 0.1) is 5.69 Å². The zero-order valence-electron chi connectivity index (χ0n) is 10.0. The Labute approximate surface area is 101 Å². The van der Waals surface area contributed by atoms with Gasteiger partial charge in [0.2, 0.25) is 0 Å². The number of likely N-dealkylation sites (tertiary alicyclic amines) is 1. The van der Waals surface area contributed by atoms with Crippen LogP contribution in [0.1, 0.15) is 26.0 Å². The van der Waals surface area contributed by atoms with Crippen molar-refractivity contribution in [2.24, 2.45) is 5.92 Å². The number of nitrogens with one attached hydrogen (secondary N) is 1. The van der Waals surface area contributed by atoms with Crippen molar-refractivity contribution in [2.75, 3.05) is 19.6 Å². The largest absolute Gasteiger partial charge is 0.311 e. The first-order valence-electron chi connectivity index (χ1n) is 5.96. The summed E-state index contributed by atoms with van der Waals surface area (Å²) >= 11 is 1.42. The quantitative estimate of drug-likeness (QED) is 0.843. The topological polar surface area (TPSA) is 41.0 Å². The highest BCUT2D eigenvalue weighted by molar-refractivity contribution is 7.03. The van der Waals surface area contributed by atoms with E-state index >= 15 is 0 Å². The van der Waals surface area contributed by atoms with Crippen LogP contribution in [0.5, 0.6) is 0 Å². The lowest BCUT2D eigenvalue weighted by Crippen LogP contribution is -2.30. The van der Waals surface area contributed by atoms with E-state index < -0.39 is 0 Å². The van der Waals surface area contributed by atoms with Crippen LogP contribution in [-0.2, 0) is 6.54 Å². The number of hydrogen-bond acceptors (Lipinski definition) is 5. The highest BCUT2D eigenvalue weighted by Gasteiger charge is 2.23. The van der Waals surface area contributed by atoms with Crippen molar-refractivity contribution >= 4 is 11.5 Å². The standard InChI is InChI=1S/C11H20N4S/c1-9(2)15-4-3-10(7-15)5-12-6-11-8-16-14-13-11/h8-10,12H,3-7H2,1-2H3. The molecule has 1 N–H and O–H groups in total. The molecule has 1 atom stereocenters. The lowest BCUT2D eigenvalue weighted by molar-refractivity contribution is 0.264. The molecular weight excluding hydrogens is 220 g/mol. The summed E-state index contributed by atoms with van der Waals surface area (Å²) in [6.07, 6.45) is 1.32. The van der Waals surface area contributed by atoms with Crippen LogP contribution in [0.4, 0.5) is 0 Å². The van der Waals surface area contributed by atoms with Gasteiger partial charge in [-0.25, -0.2) is 0 Å². The van der Waals surface area contributed by atoms with Crippen LogP contribution < -0.4 is 5.32 Å². The minimum atomic E-state index is 0.688. The van der Waals surface area contributed by atoms with E-state index in [4.69, 9.17) is 0 Å². The third-order valence-corrected chi connectivity index (χ3v) is 3.75. The number of rotatable bonds is 5. The number of aromatic nitrogens is 2. The fourth-order valence-corrected chi connectivity index (χ4v) is 2.61. The first kappa shape index (κ1) is 12.0. The monoisotopic (exact) mass is 240 g/mol. The molecule has 16 heavy (non-hydrogen) atoms. The fraction of sp³-hybridized carbons (Fsp3) is 0.818. The van der Waals surface area contributed by atoms with Crippen molar-refractivity contribution in [1.82, 2.24) is 19.8 Å². The predicted molar refractivity (Wildman–Crippen MR) is 66.4 cm³/mol.